The molecule has 1 aliphatic rings. The van der Waals surface area contributed by atoms with E-state index in [-0.39, 0.29) is 12.0 Å². The van der Waals surface area contributed by atoms with Crippen molar-refractivity contribution in [1.82, 2.24) is 9.88 Å². The molecule has 1 aromatic carbocycles. The molecule has 0 bridgehead atoms. The maximum Gasteiger partial charge on any atom is 0.501 e. The monoisotopic (exact) mass is 610 g/mol. The van der Waals surface area contributed by atoms with Gasteiger partial charge in [0.25, 0.3) is 9.84 Å². The zero-order chi connectivity index (χ0) is 27.3. The molecule has 2 aromatic rings. The highest BCUT2D eigenvalue weighted by atomic mass is 79.9. The van der Waals surface area contributed by atoms with E-state index in [1.807, 2.05) is 20.8 Å². The van der Waals surface area contributed by atoms with E-state index < -0.39 is 31.3 Å². The number of alkyl halides is 3. The minimum absolute atomic E-state index is 0.0583. The zero-order valence-corrected chi connectivity index (χ0v) is 24.2. The maximum absolute atomic E-state index is 13.3. The zero-order valence-electron chi connectivity index (χ0n) is 21.0. The van der Waals surface area contributed by atoms with E-state index in [0.717, 1.165) is 17.1 Å². The second kappa shape index (κ2) is 9.90. The van der Waals surface area contributed by atoms with Crippen LogP contribution in [0.5, 0.6) is 0 Å². The highest BCUT2D eigenvalue weighted by Crippen LogP contribution is 2.42. The highest BCUT2D eigenvalue weighted by Gasteiger charge is 2.47. The second-order valence-corrected chi connectivity index (χ2v) is 15.2. The average Bonchev–Trinajstić information content (AvgIpc) is 3.12. The lowest BCUT2D eigenvalue weighted by atomic mass is 9.86. The SMILES string of the molecule is CC(C)(C)OC(=O)N1CCC(c2nc(-c3cc(C(C)(C)C)cc(S(=O)(=O)C(F)(F)F)c3)c(Br)s2)CC1. The fraction of sp³-hybridized carbons (Fsp3) is 0.583. The molecular weight excluding hydrogens is 581 g/mol. The smallest absolute Gasteiger partial charge is 0.444 e. The van der Waals surface area contributed by atoms with Gasteiger partial charge < -0.3 is 9.64 Å². The number of hydrogen-bond donors (Lipinski definition) is 0. The molecule has 1 aliphatic heterocycles. The summed E-state index contributed by atoms with van der Waals surface area (Å²) in [6.45, 7) is 11.8. The van der Waals surface area contributed by atoms with Gasteiger partial charge in [0.05, 0.1) is 19.4 Å². The van der Waals surface area contributed by atoms with E-state index >= 15 is 0 Å². The van der Waals surface area contributed by atoms with Crippen LogP contribution in [-0.2, 0) is 20.0 Å². The second-order valence-electron chi connectivity index (χ2n) is 10.9. The molecular formula is C24H30BrF3N2O4S2. The van der Waals surface area contributed by atoms with Crippen LogP contribution in [0.1, 0.15) is 70.9 Å². The summed E-state index contributed by atoms with van der Waals surface area (Å²) >= 11 is 4.84. The van der Waals surface area contributed by atoms with E-state index in [0.29, 0.717) is 46.5 Å². The first-order valence-corrected chi connectivity index (χ1v) is 14.5. The van der Waals surface area contributed by atoms with Crippen LogP contribution >= 0.6 is 27.3 Å². The first-order valence-electron chi connectivity index (χ1n) is 11.4. The van der Waals surface area contributed by atoms with Crippen LogP contribution in [0.15, 0.2) is 26.9 Å². The fourth-order valence-electron chi connectivity index (χ4n) is 3.76. The van der Waals surface area contributed by atoms with Gasteiger partial charge in [0.2, 0.25) is 0 Å². The number of piperidine rings is 1. The number of thiazole rings is 1. The summed E-state index contributed by atoms with van der Waals surface area (Å²) in [6.07, 6.45) is 0.960. The Bertz CT molecular complexity index is 1240. The molecule has 6 nitrogen and oxygen atoms in total. The molecule has 36 heavy (non-hydrogen) atoms. The molecule has 0 atom stereocenters. The summed E-state index contributed by atoms with van der Waals surface area (Å²) in [6, 6.07) is 3.80. The summed E-state index contributed by atoms with van der Waals surface area (Å²) in [5.74, 6) is 0.0583. The van der Waals surface area contributed by atoms with Crippen LogP contribution in [0.25, 0.3) is 11.3 Å². The molecule has 0 spiro atoms. The summed E-state index contributed by atoms with van der Waals surface area (Å²) in [7, 11) is -5.53. The van der Waals surface area contributed by atoms with Gasteiger partial charge in [-0.25, -0.2) is 18.2 Å². The predicted octanol–water partition coefficient (Wildman–Crippen LogP) is 7.28. The van der Waals surface area contributed by atoms with E-state index in [1.54, 1.807) is 31.7 Å². The van der Waals surface area contributed by atoms with Crippen molar-refractivity contribution >= 4 is 43.2 Å². The number of likely N-dealkylation sites (tertiary alicyclic amines) is 1. The van der Waals surface area contributed by atoms with Gasteiger partial charge in [0.15, 0.2) is 0 Å². The number of hydrogen-bond acceptors (Lipinski definition) is 6. The predicted molar refractivity (Wildman–Crippen MR) is 137 cm³/mol. The topological polar surface area (TPSA) is 76.6 Å². The first-order chi connectivity index (χ1) is 16.3. The lowest BCUT2D eigenvalue weighted by Gasteiger charge is -2.32. The molecule has 12 heteroatoms. The van der Waals surface area contributed by atoms with Crippen LogP contribution in [0, 0.1) is 0 Å². The molecule has 0 N–H and O–H groups in total. The highest BCUT2D eigenvalue weighted by molar-refractivity contribution is 9.11. The maximum atomic E-state index is 13.3. The van der Waals surface area contributed by atoms with Crippen LogP contribution < -0.4 is 0 Å². The van der Waals surface area contributed by atoms with Gasteiger partial charge >= 0.3 is 11.6 Å². The Kier molecular flexibility index (Phi) is 7.95. The standard InChI is InChI=1S/C24H30BrF3N2O4S2/c1-22(2,3)16-11-15(12-17(13-16)36(32,33)24(26,27)28)18-19(25)35-20(29-18)14-7-9-30(10-8-14)21(31)34-23(4,5)6/h11-14H,7-10H2,1-6H3. The Morgan fingerprint density at radius 2 is 1.67 bits per heavy atom. The van der Waals surface area contributed by atoms with Gasteiger partial charge in [0.1, 0.15) is 5.60 Å². The van der Waals surface area contributed by atoms with Crippen molar-refractivity contribution in [2.24, 2.45) is 0 Å². The summed E-state index contributed by atoms with van der Waals surface area (Å²) < 4.78 is 70.5. The van der Waals surface area contributed by atoms with Crippen molar-refractivity contribution < 1.29 is 31.1 Å². The quantitative estimate of drug-likeness (QED) is 0.365. The lowest BCUT2D eigenvalue weighted by molar-refractivity contribution is -0.0436. The number of sulfone groups is 1. The first kappa shape index (κ1) is 28.9. The largest absolute Gasteiger partial charge is 0.501 e. The number of halogens is 4. The molecule has 0 radical (unpaired) electrons. The number of amides is 1. The van der Waals surface area contributed by atoms with Crippen LogP contribution in [0.2, 0.25) is 0 Å². The van der Waals surface area contributed by atoms with E-state index in [2.05, 4.69) is 15.9 Å². The van der Waals surface area contributed by atoms with Crippen molar-refractivity contribution in [3.05, 3.63) is 32.6 Å². The molecule has 3 rings (SSSR count). The molecule has 1 saturated heterocycles. The number of carbonyl (C=O) groups excluding carboxylic acids is 1. The van der Waals surface area contributed by atoms with E-state index in [1.165, 1.54) is 11.3 Å². The molecule has 0 unspecified atom stereocenters. The Morgan fingerprint density at radius 3 is 2.17 bits per heavy atom. The van der Waals surface area contributed by atoms with Gasteiger partial charge in [0, 0.05) is 24.6 Å². The van der Waals surface area contributed by atoms with E-state index in [4.69, 9.17) is 9.72 Å². The van der Waals surface area contributed by atoms with Crippen molar-refractivity contribution in [1.29, 1.82) is 0 Å². The minimum atomic E-state index is -5.53. The van der Waals surface area contributed by atoms with Crippen molar-refractivity contribution in [3.8, 4) is 11.3 Å². The lowest BCUT2D eigenvalue weighted by Crippen LogP contribution is -2.41. The van der Waals surface area contributed by atoms with Gasteiger partial charge in [-0.15, -0.1) is 11.3 Å². The van der Waals surface area contributed by atoms with Crippen LogP contribution in [-0.4, -0.2) is 48.6 Å². The molecule has 1 fully saturated rings. The van der Waals surface area contributed by atoms with E-state index in [9.17, 15) is 26.4 Å². The third kappa shape index (κ3) is 6.42. The normalized spacial score (nSPS) is 16.3. The molecule has 1 amide bonds. The number of rotatable bonds is 3. The Morgan fingerprint density at radius 1 is 1.08 bits per heavy atom. The van der Waals surface area contributed by atoms with Crippen molar-refractivity contribution in [3.63, 3.8) is 0 Å². The molecule has 1 aromatic heterocycles. The Hall–Kier alpha value is -1.66. The number of ether oxygens (including phenoxy) is 1. The van der Waals surface area contributed by atoms with Gasteiger partial charge in [-0.2, -0.15) is 13.2 Å². The molecule has 0 saturated carbocycles. The van der Waals surface area contributed by atoms with Crippen LogP contribution in [0.3, 0.4) is 0 Å². The molecule has 0 aliphatic carbocycles. The molecule has 2 heterocycles. The number of carbonyl (C=O) groups is 1. The third-order valence-electron chi connectivity index (χ3n) is 5.76. The third-order valence-corrected chi connectivity index (χ3v) is 9.09. The van der Waals surface area contributed by atoms with Crippen molar-refractivity contribution in [2.75, 3.05) is 13.1 Å². The minimum Gasteiger partial charge on any atom is -0.444 e. The van der Waals surface area contributed by atoms with Gasteiger partial charge in [-0.1, -0.05) is 20.8 Å². The summed E-state index contributed by atoms with van der Waals surface area (Å²) in [5, 5.41) is 0.780. The Labute approximate surface area is 222 Å². The van der Waals surface area contributed by atoms with Gasteiger partial charge in [-0.3, -0.25) is 0 Å². The number of benzene rings is 1. The number of nitrogens with zero attached hydrogens (tertiary/aromatic N) is 2. The summed E-state index contributed by atoms with van der Waals surface area (Å²) in [4.78, 5) is 17.9. The van der Waals surface area contributed by atoms with Crippen molar-refractivity contribution in [2.45, 2.75) is 81.7 Å². The molecule has 200 valence electrons. The van der Waals surface area contributed by atoms with Crippen LogP contribution in [0.4, 0.5) is 18.0 Å². The Balaban J connectivity index is 1.92. The fourth-order valence-corrected chi connectivity index (χ4v) is 6.39. The average molecular weight is 612 g/mol. The number of aromatic nitrogens is 1. The van der Waals surface area contributed by atoms with Gasteiger partial charge in [-0.05, 0) is 78.7 Å². The summed E-state index contributed by atoms with van der Waals surface area (Å²) in [5.41, 5.74) is -5.43.